The van der Waals surface area contributed by atoms with E-state index in [1.165, 1.54) is 13.3 Å². The van der Waals surface area contributed by atoms with Crippen LogP contribution in [0.3, 0.4) is 0 Å². The molecule has 2 fully saturated rings. The second-order valence-electron chi connectivity index (χ2n) is 4.50. The lowest BCUT2D eigenvalue weighted by molar-refractivity contribution is -0.150. The fraction of sp³-hybridized carbons (Fsp3) is 0.692. The van der Waals surface area contributed by atoms with Crippen LogP contribution < -0.4 is 0 Å². The zero-order valence-corrected chi connectivity index (χ0v) is 10.9. The Balaban J connectivity index is 0.000000184. The summed E-state index contributed by atoms with van der Waals surface area (Å²) >= 11 is 0. The maximum absolute atomic E-state index is 10.7. The van der Waals surface area contributed by atoms with Gasteiger partial charge in [0.1, 0.15) is 18.8 Å². The van der Waals surface area contributed by atoms with Crippen LogP contribution in [0.25, 0.3) is 0 Å². The molecule has 2 rings (SSSR count). The van der Waals surface area contributed by atoms with Crippen molar-refractivity contribution in [1.82, 2.24) is 0 Å². The first-order valence-electron chi connectivity index (χ1n) is 6.10. The molecule has 18 heavy (non-hydrogen) atoms. The normalized spacial score (nSPS) is 20.9. The Kier molecular flexibility index (Phi) is 5.85. The highest BCUT2D eigenvalue weighted by molar-refractivity contribution is 5.86. The van der Waals surface area contributed by atoms with Crippen LogP contribution in [0, 0.1) is 0 Å². The summed E-state index contributed by atoms with van der Waals surface area (Å²) in [7, 11) is 0. The summed E-state index contributed by atoms with van der Waals surface area (Å²) in [6, 6.07) is 0. The summed E-state index contributed by atoms with van der Waals surface area (Å²) in [6.45, 7) is 7.59. The van der Waals surface area contributed by atoms with Crippen LogP contribution in [0.15, 0.2) is 12.2 Å². The van der Waals surface area contributed by atoms with Crippen molar-refractivity contribution in [3.63, 3.8) is 0 Å². The van der Waals surface area contributed by atoms with Crippen molar-refractivity contribution in [2.45, 2.75) is 45.3 Å². The van der Waals surface area contributed by atoms with Crippen molar-refractivity contribution in [2.75, 3.05) is 13.2 Å². The Morgan fingerprint density at radius 3 is 2.22 bits per heavy atom. The van der Waals surface area contributed by atoms with Crippen LogP contribution in [0.1, 0.15) is 33.1 Å². The molecule has 1 saturated heterocycles. The predicted octanol–water partition coefficient (Wildman–Crippen LogP) is 1.61. The first-order valence-corrected chi connectivity index (χ1v) is 6.10. The molecular weight excluding hydrogens is 236 g/mol. The van der Waals surface area contributed by atoms with Gasteiger partial charge in [-0.05, 0) is 26.2 Å². The predicted molar refractivity (Wildman–Crippen MR) is 64.9 cm³/mol. The van der Waals surface area contributed by atoms with Gasteiger partial charge in [-0.3, -0.25) is 4.79 Å². The van der Waals surface area contributed by atoms with Crippen molar-refractivity contribution >= 4 is 11.9 Å². The third-order valence-electron chi connectivity index (χ3n) is 2.54. The standard InChI is InChI=1S/C7H10O3.C6H10O2/c1-5(2)7(8)10-4-6-3-9-6;1-5(7)8-6-3-2-4-6/h6H,1,3-4H2,2H3;6H,2-4H2,1H3. The minimum atomic E-state index is -0.337. The summed E-state index contributed by atoms with van der Waals surface area (Å²) in [4.78, 5) is 20.9. The zero-order valence-electron chi connectivity index (χ0n) is 10.9. The third-order valence-corrected chi connectivity index (χ3v) is 2.54. The van der Waals surface area contributed by atoms with Gasteiger partial charge in [-0.15, -0.1) is 0 Å². The van der Waals surface area contributed by atoms with E-state index in [4.69, 9.17) is 14.2 Å². The van der Waals surface area contributed by atoms with Gasteiger partial charge in [0.15, 0.2) is 0 Å². The molecule has 5 nitrogen and oxygen atoms in total. The van der Waals surface area contributed by atoms with E-state index in [9.17, 15) is 9.59 Å². The molecule has 102 valence electrons. The first kappa shape index (κ1) is 14.7. The van der Waals surface area contributed by atoms with Gasteiger partial charge in [-0.2, -0.15) is 0 Å². The molecule has 1 atom stereocenters. The highest BCUT2D eigenvalue weighted by atomic mass is 16.6. The molecule has 0 aromatic carbocycles. The highest BCUT2D eigenvalue weighted by Gasteiger charge is 2.24. The molecule has 0 bridgehead atoms. The lowest BCUT2D eigenvalue weighted by atomic mass is 9.96. The maximum Gasteiger partial charge on any atom is 0.333 e. The molecular formula is C13H20O5. The van der Waals surface area contributed by atoms with Gasteiger partial charge in [0.2, 0.25) is 0 Å². The van der Waals surface area contributed by atoms with E-state index in [0.717, 1.165) is 12.8 Å². The average molecular weight is 256 g/mol. The Labute approximate surface area is 107 Å². The Morgan fingerprint density at radius 1 is 1.33 bits per heavy atom. The molecule has 0 aromatic heterocycles. The van der Waals surface area contributed by atoms with E-state index in [1.54, 1.807) is 6.92 Å². The van der Waals surface area contributed by atoms with Crippen LogP contribution in [0.2, 0.25) is 0 Å². The van der Waals surface area contributed by atoms with Gasteiger partial charge >= 0.3 is 11.9 Å². The zero-order chi connectivity index (χ0) is 13.5. The number of hydrogen-bond acceptors (Lipinski definition) is 5. The minimum Gasteiger partial charge on any atom is -0.463 e. The topological polar surface area (TPSA) is 65.1 Å². The summed E-state index contributed by atoms with van der Waals surface area (Å²) in [6.07, 6.45) is 3.76. The van der Waals surface area contributed by atoms with Gasteiger partial charge in [-0.25, -0.2) is 4.79 Å². The Bertz CT molecular complexity index is 315. The van der Waals surface area contributed by atoms with E-state index in [0.29, 0.717) is 18.8 Å². The molecule has 1 aliphatic carbocycles. The quantitative estimate of drug-likeness (QED) is 0.434. The molecule has 1 heterocycles. The number of epoxide rings is 1. The van der Waals surface area contributed by atoms with Crippen molar-refractivity contribution in [2.24, 2.45) is 0 Å². The van der Waals surface area contributed by atoms with Crippen LogP contribution in [-0.4, -0.2) is 37.4 Å². The van der Waals surface area contributed by atoms with Crippen molar-refractivity contribution < 1.29 is 23.8 Å². The van der Waals surface area contributed by atoms with E-state index in [1.807, 2.05) is 0 Å². The molecule has 0 aromatic rings. The second-order valence-corrected chi connectivity index (χ2v) is 4.50. The first-order chi connectivity index (χ1) is 8.49. The Morgan fingerprint density at radius 2 is 1.94 bits per heavy atom. The van der Waals surface area contributed by atoms with Crippen LogP contribution in [0.5, 0.6) is 0 Å². The van der Waals surface area contributed by atoms with E-state index < -0.39 is 0 Å². The molecule has 0 N–H and O–H groups in total. The number of carbonyl (C=O) groups excluding carboxylic acids is 2. The summed E-state index contributed by atoms with van der Waals surface area (Å²) < 4.78 is 14.4. The SMILES string of the molecule is C=C(C)C(=O)OCC1CO1.CC(=O)OC1CCC1. The molecule has 5 heteroatoms. The molecule has 1 aliphatic heterocycles. The van der Waals surface area contributed by atoms with E-state index in [2.05, 4.69) is 6.58 Å². The van der Waals surface area contributed by atoms with Crippen LogP contribution in [0.4, 0.5) is 0 Å². The van der Waals surface area contributed by atoms with Crippen molar-refractivity contribution in [3.8, 4) is 0 Å². The fourth-order valence-electron chi connectivity index (χ4n) is 1.18. The fourth-order valence-corrected chi connectivity index (χ4v) is 1.18. The van der Waals surface area contributed by atoms with Crippen LogP contribution >= 0.6 is 0 Å². The number of rotatable bonds is 4. The maximum atomic E-state index is 10.7. The number of esters is 2. The lowest BCUT2D eigenvalue weighted by Gasteiger charge is -2.24. The molecule has 0 amide bonds. The van der Waals surface area contributed by atoms with Gasteiger partial charge in [-0.1, -0.05) is 6.58 Å². The molecule has 1 unspecified atom stereocenters. The smallest absolute Gasteiger partial charge is 0.333 e. The molecule has 0 spiro atoms. The van der Waals surface area contributed by atoms with Gasteiger partial charge in [0, 0.05) is 12.5 Å². The largest absolute Gasteiger partial charge is 0.463 e. The molecule has 2 aliphatic rings. The summed E-state index contributed by atoms with van der Waals surface area (Å²) in [5.41, 5.74) is 0.431. The monoisotopic (exact) mass is 256 g/mol. The summed E-state index contributed by atoms with van der Waals surface area (Å²) in [5, 5.41) is 0. The van der Waals surface area contributed by atoms with E-state index >= 15 is 0 Å². The van der Waals surface area contributed by atoms with Crippen molar-refractivity contribution in [1.29, 1.82) is 0 Å². The number of carbonyl (C=O) groups is 2. The van der Waals surface area contributed by atoms with Gasteiger partial charge < -0.3 is 14.2 Å². The van der Waals surface area contributed by atoms with Gasteiger partial charge in [0.25, 0.3) is 0 Å². The highest BCUT2D eigenvalue weighted by Crippen LogP contribution is 2.21. The second kappa shape index (κ2) is 7.16. The van der Waals surface area contributed by atoms with Gasteiger partial charge in [0.05, 0.1) is 6.61 Å². The van der Waals surface area contributed by atoms with E-state index in [-0.39, 0.29) is 24.1 Å². The minimum absolute atomic E-state index is 0.142. The number of ether oxygens (including phenoxy) is 3. The summed E-state index contributed by atoms with van der Waals surface area (Å²) in [5.74, 6) is -0.481. The number of hydrogen-bond donors (Lipinski definition) is 0. The van der Waals surface area contributed by atoms with Crippen molar-refractivity contribution in [3.05, 3.63) is 12.2 Å². The molecule has 1 saturated carbocycles. The average Bonchev–Trinajstić information content (AvgIpc) is 3.04. The lowest BCUT2D eigenvalue weighted by Crippen LogP contribution is -2.23. The third kappa shape index (κ3) is 6.39. The van der Waals surface area contributed by atoms with Crippen LogP contribution in [-0.2, 0) is 23.8 Å². The Hall–Kier alpha value is -1.36. The molecule has 0 radical (unpaired) electrons.